The van der Waals surface area contributed by atoms with Crippen LogP contribution in [0.1, 0.15) is 28.5 Å². The van der Waals surface area contributed by atoms with Crippen LogP contribution in [0.4, 0.5) is 5.69 Å². The number of hydrogen-bond donors (Lipinski definition) is 0. The predicted molar refractivity (Wildman–Crippen MR) is 116 cm³/mol. The molecule has 172 valence electrons. The number of aryl methyl sites for hydroxylation is 2. The highest BCUT2D eigenvalue weighted by atomic mass is 32.2. The van der Waals surface area contributed by atoms with E-state index >= 15 is 0 Å². The lowest BCUT2D eigenvalue weighted by Crippen LogP contribution is -2.26. The second kappa shape index (κ2) is 9.20. The minimum absolute atomic E-state index is 0.0413. The fraction of sp³-hybridized carbons (Fsp3) is 0.190. The number of ether oxygens (including phenoxy) is 1. The van der Waals surface area contributed by atoms with Crippen LogP contribution in [0, 0.1) is 24.0 Å². The van der Waals surface area contributed by atoms with E-state index in [4.69, 9.17) is 8.92 Å². The number of nitro groups is 1. The zero-order valence-electron chi connectivity index (χ0n) is 17.8. The molecule has 3 aromatic rings. The Morgan fingerprint density at radius 1 is 1.12 bits per heavy atom. The average Bonchev–Trinajstić information content (AvgIpc) is 2.74. The quantitative estimate of drug-likeness (QED) is 0.218. The smallest absolute Gasteiger partial charge is 0.362 e. The number of rotatable bonds is 7. The van der Waals surface area contributed by atoms with Crippen LogP contribution in [0.3, 0.4) is 0 Å². The van der Waals surface area contributed by atoms with Gasteiger partial charge in [-0.15, -0.1) is 0 Å². The Balaban J connectivity index is 2.14. The second-order valence-corrected chi connectivity index (χ2v) is 8.42. The van der Waals surface area contributed by atoms with Crippen molar-refractivity contribution >= 4 is 21.8 Å². The summed E-state index contributed by atoms with van der Waals surface area (Å²) in [7, 11) is -4.67. The van der Waals surface area contributed by atoms with Crippen LogP contribution >= 0.6 is 0 Å². The molecule has 0 bridgehead atoms. The Labute approximate surface area is 188 Å². The van der Waals surface area contributed by atoms with E-state index in [1.807, 2.05) is 6.92 Å². The Kier molecular flexibility index (Phi) is 6.58. The number of nitro benzene ring substituents is 1. The molecular weight excluding hydrogens is 454 g/mol. The van der Waals surface area contributed by atoms with E-state index in [-0.39, 0.29) is 12.2 Å². The van der Waals surface area contributed by atoms with Gasteiger partial charge in [-0.2, -0.15) is 18.2 Å². The van der Waals surface area contributed by atoms with Crippen LogP contribution in [0.15, 0.2) is 58.2 Å². The summed E-state index contributed by atoms with van der Waals surface area (Å²) in [6, 6.07) is 10.7. The van der Waals surface area contributed by atoms with Crippen LogP contribution in [0.2, 0.25) is 0 Å². The summed E-state index contributed by atoms with van der Waals surface area (Å²) < 4.78 is 36.7. The Hall–Kier alpha value is -4.06. The Morgan fingerprint density at radius 2 is 1.79 bits per heavy atom. The van der Waals surface area contributed by atoms with Gasteiger partial charge in [0.05, 0.1) is 23.3 Å². The molecule has 0 amide bonds. The zero-order valence-corrected chi connectivity index (χ0v) is 18.7. The van der Waals surface area contributed by atoms with Gasteiger partial charge < -0.3 is 8.92 Å². The Morgan fingerprint density at radius 3 is 2.39 bits per heavy atom. The van der Waals surface area contributed by atoms with Gasteiger partial charge in [-0.1, -0.05) is 23.8 Å². The molecule has 0 radical (unpaired) electrons. The van der Waals surface area contributed by atoms with Crippen molar-refractivity contribution in [3.8, 4) is 11.4 Å². The molecule has 1 aromatic heterocycles. The van der Waals surface area contributed by atoms with E-state index in [2.05, 4.69) is 5.10 Å². The summed E-state index contributed by atoms with van der Waals surface area (Å²) in [5.74, 6) is -1.67. The molecule has 0 atom stereocenters. The maximum Gasteiger partial charge on any atom is 0.362 e. The number of esters is 1. The van der Waals surface area contributed by atoms with Gasteiger partial charge in [0.15, 0.2) is 5.75 Å². The molecule has 0 N–H and O–H groups in total. The van der Waals surface area contributed by atoms with Gasteiger partial charge in [0.25, 0.3) is 11.2 Å². The largest absolute Gasteiger partial charge is 0.461 e. The first-order valence-electron chi connectivity index (χ1n) is 9.61. The SMILES string of the molecule is CCOC(=O)c1nn(-c2ccc(C)cc2)c(=O)cc1OS(=O)(=O)c1cc([N+](=O)[O-])ccc1C. The first kappa shape index (κ1) is 23.6. The van der Waals surface area contributed by atoms with Gasteiger partial charge in [-0.3, -0.25) is 14.9 Å². The second-order valence-electron chi connectivity index (χ2n) is 6.91. The van der Waals surface area contributed by atoms with Crippen molar-refractivity contribution in [3.05, 3.63) is 85.8 Å². The van der Waals surface area contributed by atoms with Gasteiger partial charge in [-0.05, 0) is 38.5 Å². The standard InChI is InChI=1S/C21H19N3O8S/c1-4-31-21(26)20-17(12-19(25)23(22-20)15-8-5-13(2)6-9-15)32-33(29,30)18-11-16(24(27)28)10-7-14(18)3/h5-12H,4H2,1-3H3. The molecule has 0 saturated heterocycles. The molecule has 0 fully saturated rings. The maximum absolute atomic E-state index is 12.9. The molecule has 2 aromatic carbocycles. The van der Waals surface area contributed by atoms with E-state index in [9.17, 15) is 28.1 Å². The van der Waals surface area contributed by atoms with Gasteiger partial charge in [0.2, 0.25) is 5.69 Å². The van der Waals surface area contributed by atoms with E-state index in [0.29, 0.717) is 5.69 Å². The van der Waals surface area contributed by atoms with Gasteiger partial charge in [-0.25, -0.2) is 4.79 Å². The third kappa shape index (κ3) is 5.06. The minimum Gasteiger partial charge on any atom is -0.461 e. The van der Waals surface area contributed by atoms with Crippen LogP contribution in [-0.2, 0) is 14.9 Å². The summed E-state index contributed by atoms with van der Waals surface area (Å²) in [5.41, 5.74) is -0.368. The average molecular weight is 473 g/mol. The number of aromatic nitrogens is 2. The van der Waals surface area contributed by atoms with E-state index in [0.717, 1.165) is 28.4 Å². The lowest BCUT2D eigenvalue weighted by molar-refractivity contribution is -0.385. The van der Waals surface area contributed by atoms with E-state index < -0.39 is 48.6 Å². The van der Waals surface area contributed by atoms with Crippen LogP contribution in [-0.4, -0.2) is 35.7 Å². The third-order valence-corrected chi connectivity index (χ3v) is 5.87. The molecule has 0 aliphatic heterocycles. The highest BCUT2D eigenvalue weighted by molar-refractivity contribution is 7.87. The van der Waals surface area contributed by atoms with Crippen LogP contribution in [0.5, 0.6) is 5.75 Å². The van der Waals surface area contributed by atoms with Crippen molar-refractivity contribution in [2.75, 3.05) is 6.61 Å². The fourth-order valence-corrected chi connectivity index (χ4v) is 4.03. The highest BCUT2D eigenvalue weighted by Crippen LogP contribution is 2.26. The molecule has 0 aliphatic rings. The fourth-order valence-electron chi connectivity index (χ4n) is 2.85. The summed E-state index contributed by atoms with van der Waals surface area (Å²) in [5, 5.41) is 15.0. The van der Waals surface area contributed by atoms with Crippen molar-refractivity contribution in [1.82, 2.24) is 9.78 Å². The Bertz CT molecular complexity index is 1400. The van der Waals surface area contributed by atoms with Gasteiger partial charge in [0, 0.05) is 12.1 Å². The third-order valence-electron chi connectivity index (χ3n) is 4.50. The van der Waals surface area contributed by atoms with E-state index in [1.54, 1.807) is 24.3 Å². The molecule has 11 nitrogen and oxygen atoms in total. The monoisotopic (exact) mass is 473 g/mol. The lowest BCUT2D eigenvalue weighted by Gasteiger charge is -2.13. The van der Waals surface area contributed by atoms with Gasteiger partial charge in [0.1, 0.15) is 4.90 Å². The van der Waals surface area contributed by atoms with Crippen molar-refractivity contribution in [2.24, 2.45) is 0 Å². The summed E-state index contributed by atoms with van der Waals surface area (Å²) in [6.07, 6.45) is 0. The maximum atomic E-state index is 12.9. The first-order chi connectivity index (χ1) is 15.5. The number of carbonyl (C=O) groups excluding carboxylic acids is 1. The predicted octanol–water partition coefficient (Wildman–Crippen LogP) is 2.70. The van der Waals surface area contributed by atoms with Gasteiger partial charge >= 0.3 is 16.1 Å². The molecule has 0 spiro atoms. The summed E-state index contributed by atoms with van der Waals surface area (Å²) in [6.45, 7) is 4.76. The van der Waals surface area contributed by atoms with Crippen molar-refractivity contribution < 1.29 is 27.1 Å². The number of benzene rings is 2. The first-order valence-corrected chi connectivity index (χ1v) is 11.0. The molecule has 0 aliphatic carbocycles. The molecule has 33 heavy (non-hydrogen) atoms. The van der Waals surface area contributed by atoms with Crippen molar-refractivity contribution in [1.29, 1.82) is 0 Å². The van der Waals surface area contributed by atoms with Crippen molar-refractivity contribution in [3.63, 3.8) is 0 Å². The zero-order chi connectivity index (χ0) is 24.3. The minimum atomic E-state index is -4.67. The summed E-state index contributed by atoms with van der Waals surface area (Å²) in [4.78, 5) is 35.0. The topological polar surface area (TPSA) is 148 Å². The number of hydrogen-bond acceptors (Lipinski definition) is 9. The molecule has 1 heterocycles. The molecule has 0 saturated carbocycles. The van der Waals surface area contributed by atoms with Crippen molar-refractivity contribution in [2.45, 2.75) is 25.7 Å². The molecule has 12 heteroatoms. The highest BCUT2D eigenvalue weighted by Gasteiger charge is 2.28. The number of non-ortho nitro benzene ring substituents is 1. The van der Waals surface area contributed by atoms with E-state index in [1.165, 1.54) is 19.9 Å². The molecular formula is C21H19N3O8S. The van der Waals surface area contributed by atoms with Crippen LogP contribution < -0.4 is 9.74 Å². The number of nitrogens with zero attached hydrogens (tertiary/aromatic N) is 3. The molecule has 3 rings (SSSR count). The van der Waals surface area contributed by atoms with Crippen LogP contribution in [0.25, 0.3) is 5.69 Å². The number of carbonyl (C=O) groups is 1. The summed E-state index contributed by atoms with van der Waals surface area (Å²) >= 11 is 0. The normalized spacial score (nSPS) is 11.1. The molecule has 0 unspecified atom stereocenters. The lowest BCUT2D eigenvalue weighted by atomic mass is 10.2.